The fourth-order valence-corrected chi connectivity index (χ4v) is 2.94. The van der Waals surface area contributed by atoms with Crippen LogP contribution < -0.4 is 4.72 Å². The van der Waals surface area contributed by atoms with Gasteiger partial charge in [0.15, 0.2) is 6.61 Å². The van der Waals surface area contributed by atoms with Crippen LogP contribution in [0.3, 0.4) is 0 Å². The van der Waals surface area contributed by atoms with Crippen molar-refractivity contribution in [1.82, 2.24) is 4.90 Å². The second-order valence-electron chi connectivity index (χ2n) is 6.02. The first-order valence-corrected chi connectivity index (χ1v) is 9.46. The summed E-state index contributed by atoms with van der Waals surface area (Å²) in [5.41, 5.74) is 0.418. The maximum Gasteiger partial charge on any atom is 0.338 e. The Balaban J connectivity index is 2.75. The van der Waals surface area contributed by atoms with Crippen molar-refractivity contribution in [2.75, 3.05) is 17.6 Å². The molecule has 0 aliphatic rings. The third kappa shape index (κ3) is 6.19. The number of rotatable bonds is 7. The summed E-state index contributed by atoms with van der Waals surface area (Å²) in [5, 5.41) is 0. The second kappa shape index (κ2) is 8.14. The number of ether oxygens (including phenoxy) is 1. The Hall–Kier alpha value is -2.09. The van der Waals surface area contributed by atoms with Crippen LogP contribution in [0, 0.1) is 0 Å². The zero-order valence-electron chi connectivity index (χ0n) is 14.6. The normalized spacial score (nSPS) is 11.5. The quantitative estimate of drug-likeness (QED) is 0.753. The van der Waals surface area contributed by atoms with Crippen LogP contribution in [0.2, 0.25) is 0 Å². The first-order valence-electron chi connectivity index (χ1n) is 7.57. The molecule has 1 amide bonds. The molecule has 1 rings (SSSR count). The van der Waals surface area contributed by atoms with E-state index in [9.17, 15) is 18.0 Å². The lowest BCUT2D eigenvalue weighted by atomic mass is 10.2. The van der Waals surface area contributed by atoms with Gasteiger partial charge >= 0.3 is 5.97 Å². The minimum Gasteiger partial charge on any atom is -0.452 e. The summed E-state index contributed by atoms with van der Waals surface area (Å²) in [4.78, 5) is 25.9. The fraction of sp³-hybridized carbons (Fsp3) is 0.500. The summed E-state index contributed by atoms with van der Waals surface area (Å²) in [6, 6.07) is 5.89. The molecule has 1 aromatic rings. The number of nitrogens with one attached hydrogen (secondary N) is 1. The van der Waals surface area contributed by atoms with Gasteiger partial charge in [-0.25, -0.2) is 13.2 Å². The van der Waals surface area contributed by atoms with Crippen molar-refractivity contribution >= 4 is 27.6 Å². The Morgan fingerprint density at radius 2 is 1.75 bits per heavy atom. The van der Waals surface area contributed by atoms with E-state index in [2.05, 4.69) is 4.72 Å². The molecular weight excluding hydrogens is 332 g/mol. The van der Waals surface area contributed by atoms with Crippen LogP contribution in [0.15, 0.2) is 24.3 Å². The van der Waals surface area contributed by atoms with Crippen molar-refractivity contribution in [3.63, 3.8) is 0 Å². The average Bonchev–Trinajstić information content (AvgIpc) is 2.42. The van der Waals surface area contributed by atoms with Gasteiger partial charge in [-0.15, -0.1) is 0 Å². The smallest absolute Gasteiger partial charge is 0.338 e. The Morgan fingerprint density at radius 1 is 1.17 bits per heavy atom. The van der Waals surface area contributed by atoms with E-state index in [1.165, 1.54) is 24.3 Å². The van der Waals surface area contributed by atoms with E-state index in [1.54, 1.807) is 4.90 Å². The van der Waals surface area contributed by atoms with E-state index < -0.39 is 16.0 Å². The highest BCUT2D eigenvalue weighted by molar-refractivity contribution is 7.92. The van der Waals surface area contributed by atoms with Gasteiger partial charge < -0.3 is 9.64 Å². The maximum absolute atomic E-state index is 12.2. The van der Waals surface area contributed by atoms with E-state index in [-0.39, 0.29) is 35.8 Å². The van der Waals surface area contributed by atoms with Crippen LogP contribution in [0.25, 0.3) is 0 Å². The predicted octanol–water partition coefficient (Wildman–Crippen LogP) is 1.86. The maximum atomic E-state index is 12.2. The number of hydrogen-bond acceptors (Lipinski definition) is 5. The lowest BCUT2D eigenvalue weighted by Crippen LogP contribution is -2.44. The molecule has 0 radical (unpaired) electrons. The van der Waals surface area contributed by atoms with Crippen molar-refractivity contribution < 1.29 is 22.7 Å². The van der Waals surface area contributed by atoms with Crippen molar-refractivity contribution in [1.29, 1.82) is 0 Å². The van der Waals surface area contributed by atoms with Crippen LogP contribution >= 0.6 is 0 Å². The minimum absolute atomic E-state index is 0.00140. The van der Waals surface area contributed by atoms with E-state index in [4.69, 9.17) is 4.74 Å². The van der Waals surface area contributed by atoms with Gasteiger partial charge in [0.05, 0.1) is 11.8 Å². The molecule has 0 heterocycles. The first kappa shape index (κ1) is 20.0. The molecule has 1 N–H and O–H groups in total. The molecule has 0 spiro atoms. The summed E-state index contributed by atoms with van der Waals surface area (Å²) in [5.74, 6) is -0.966. The number of esters is 1. The molecule has 8 heteroatoms. The average molecular weight is 356 g/mol. The molecule has 7 nitrogen and oxygen atoms in total. The molecule has 0 atom stereocenters. The number of carbonyl (C=O) groups excluding carboxylic acids is 2. The SMILES string of the molecule is CC(C)N(C(=O)COC(=O)c1cccc(NS(C)(=O)=O)c1)C(C)C. The lowest BCUT2D eigenvalue weighted by molar-refractivity contribution is -0.138. The number of amides is 1. The highest BCUT2D eigenvalue weighted by Gasteiger charge is 2.21. The molecule has 0 aliphatic carbocycles. The van der Waals surface area contributed by atoms with Crippen LogP contribution in [0.4, 0.5) is 5.69 Å². The lowest BCUT2D eigenvalue weighted by Gasteiger charge is -2.30. The Labute approximate surface area is 143 Å². The molecule has 0 bridgehead atoms. The number of hydrogen-bond donors (Lipinski definition) is 1. The third-order valence-electron chi connectivity index (χ3n) is 3.13. The molecule has 0 saturated heterocycles. The highest BCUT2D eigenvalue weighted by Crippen LogP contribution is 2.13. The van der Waals surface area contributed by atoms with Gasteiger partial charge in [-0.1, -0.05) is 6.07 Å². The zero-order valence-corrected chi connectivity index (χ0v) is 15.4. The monoisotopic (exact) mass is 356 g/mol. The Kier molecular flexibility index (Phi) is 6.77. The largest absolute Gasteiger partial charge is 0.452 e. The zero-order chi connectivity index (χ0) is 18.5. The topological polar surface area (TPSA) is 92.8 Å². The van der Waals surface area contributed by atoms with Crippen LogP contribution in [-0.2, 0) is 19.6 Å². The second-order valence-corrected chi connectivity index (χ2v) is 7.77. The number of nitrogens with zero attached hydrogens (tertiary/aromatic N) is 1. The summed E-state index contributed by atoms with van der Waals surface area (Å²) in [6.07, 6.45) is 1.02. The van der Waals surface area contributed by atoms with Crippen LogP contribution in [0.5, 0.6) is 0 Å². The molecule has 134 valence electrons. The number of anilines is 1. The molecule has 0 fully saturated rings. The van der Waals surface area contributed by atoms with E-state index in [0.29, 0.717) is 0 Å². The molecule has 0 saturated carbocycles. The summed E-state index contributed by atoms with van der Waals surface area (Å²) < 4.78 is 29.8. The minimum atomic E-state index is -3.44. The van der Waals surface area contributed by atoms with Crippen LogP contribution in [-0.4, -0.2) is 50.1 Å². The van der Waals surface area contributed by atoms with Crippen molar-refractivity contribution in [3.05, 3.63) is 29.8 Å². The number of benzene rings is 1. The fourth-order valence-electron chi connectivity index (χ4n) is 2.38. The standard InChI is InChI=1S/C16H24N2O5S/c1-11(2)18(12(3)4)15(19)10-23-16(20)13-7-6-8-14(9-13)17-24(5,21)22/h6-9,11-12,17H,10H2,1-5H3. The van der Waals surface area contributed by atoms with Gasteiger partial charge in [-0.05, 0) is 45.9 Å². The van der Waals surface area contributed by atoms with E-state index in [1.807, 2.05) is 27.7 Å². The van der Waals surface area contributed by atoms with Crippen LogP contribution in [0.1, 0.15) is 38.1 Å². The van der Waals surface area contributed by atoms with Crippen molar-refractivity contribution in [2.24, 2.45) is 0 Å². The molecule has 24 heavy (non-hydrogen) atoms. The molecule has 1 aromatic carbocycles. The molecule has 0 unspecified atom stereocenters. The van der Waals surface area contributed by atoms with E-state index in [0.717, 1.165) is 6.26 Å². The van der Waals surface area contributed by atoms with Crippen molar-refractivity contribution in [3.8, 4) is 0 Å². The van der Waals surface area contributed by atoms with Gasteiger partial charge in [-0.2, -0.15) is 0 Å². The van der Waals surface area contributed by atoms with Gasteiger partial charge in [0.2, 0.25) is 10.0 Å². The predicted molar refractivity (Wildman–Crippen MR) is 92.3 cm³/mol. The number of carbonyl (C=O) groups is 2. The molecule has 0 aliphatic heterocycles. The van der Waals surface area contributed by atoms with Gasteiger partial charge in [0.1, 0.15) is 0 Å². The number of sulfonamides is 1. The van der Waals surface area contributed by atoms with Crippen molar-refractivity contribution in [2.45, 2.75) is 39.8 Å². The summed E-state index contributed by atoms with van der Waals surface area (Å²) in [7, 11) is -3.44. The first-order chi connectivity index (χ1) is 11.0. The highest BCUT2D eigenvalue weighted by atomic mass is 32.2. The Morgan fingerprint density at radius 3 is 2.25 bits per heavy atom. The van der Waals surface area contributed by atoms with Gasteiger partial charge in [0.25, 0.3) is 5.91 Å². The summed E-state index contributed by atoms with van der Waals surface area (Å²) in [6.45, 7) is 7.19. The Bertz CT molecular complexity index is 690. The summed E-state index contributed by atoms with van der Waals surface area (Å²) >= 11 is 0. The third-order valence-corrected chi connectivity index (χ3v) is 3.74. The van der Waals surface area contributed by atoms with E-state index >= 15 is 0 Å². The van der Waals surface area contributed by atoms with Gasteiger partial charge in [-0.3, -0.25) is 9.52 Å². The molecule has 0 aromatic heterocycles. The molecular formula is C16H24N2O5S. The van der Waals surface area contributed by atoms with Gasteiger partial charge in [0, 0.05) is 17.8 Å².